The van der Waals surface area contributed by atoms with E-state index in [1.807, 2.05) is 0 Å². The van der Waals surface area contributed by atoms with Crippen molar-refractivity contribution in [3.8, 4) is 0 Å². The molecule has 1 atom stereocenters. The highest BCUT2D eigenvalue weighted by molar-refractivity contribution is 7.91. The summed E-state index contributed by atoms with van der Waals surface area (Å²) in [7, 11) is -7.61. The Labute approximate surface area is 184 Å². The Kier molecular flexibility index (Phi) is 7.44. The van der Waals surface area contributed by atoms with Gasteiger partial charge in [-0.2, -0.15) is 9.03 Å². The van der Waals surface area contributed by atoms with Crippen LogP contribution in [-0.4, -0.2) is 59.4 Å². The molecule has 2 aromatic rings. The average Bonchev–Trinajstić information content (AvgIpc) is 3.22. The predicted molar refractivity (Wildman–Crippen MR) is 112 cm³/mol. The number of halogens is 1. The van der Waals surface area contributed by atoms with Crippen LogP contribution in [0.4, 0.5) is 4.39 Å². The fourth-order valence-electron chi connectivity index (χ4n) is 2.80. The summed E-state index contributed by atoms with van der Waals surface area (Å²) in [5, 5.41) is 2.58. The average molecular weight is 492 g/mol. The van der Waals surface area contributed by atoms with E-state index in [1.54, 1.807) is 6.07 Å². The molecule has 2 N–H and O–H groups in total. The van der Waals surface area contributed by atoms with E-state index in [0.29, 0.717) is 18.1 Å². The first kappa shape index (κ1) is 23.8. The Bertz CT molecular complexity index is 1130. The SMILES string of the molecule is CC(NS(=O)(=O)c1ccc(F)cc1)C(=O)NCc1ccc(S(=O)(=O)N2CCOCC2)s1. The maximum absolute atomic E-state index is 13.0. The van der Waals surface area contributed by atoms with Crippen LogP contribution in [0, 0.1) is 5.82 Å². The van der Waals surface area contributed by atoms with Gasteiger partial charge >= 0.3 is 0 Å². The second-order valence-electron chi connectivity index (χ2n) is 6.75. The Morgan fingerprint density at radius 2 is 1.77 bits per heavy atom. The third-order valence-corrected chi connectivity index (χ3v) is 9.50. The molecule has 0 spiro atoms. The van der Waals surface area contributed by atoms with Crippen molar-refractivity contribution >= 4 is 37.3 Å². The second-order valence-corrected chi connectivity index (χ2v) is 11.8. The summed E-state index contributed by atoms with van der Waals surface area (Å²) in [5.41, 5.74) is 0. The fraction of sp³-hybridized carbons (Fsp3) is 0.389. The van der Waals surface area contributed by atoms with Gasteiger partial charge in [-0.15, -0.1) is 11.3 Å². The molecule has 31 heavy (non-hydrogen) atoms. The first-order valence-electron chi connectivity index (χ1n) is 9.32. The van der Waals surface area contributed by atoms with Crippen LogP contribution in [0.5, 0.6) is 0 Å². The number of nitrogens with one attached hydrogen (secondary N) is 2. The molecule has 9 nitrogen and oxygen atoms in total. The van der Waals surface area contributed by atoms with Gasteiger partial charge in [0.05, 0.1) is 30.7 Å². The summed E-state index contributed by atoms with van der Waals surface area (Å²) < 4.78 is 71.8. The van der Waals surface area contributed by atoms with Crippen LogP contribution in [0.15, 0.2) is 45.5 Å². The number of benzene rings is 1. The number of nitrogens with zero attached hydrogens (tertiary/aromatic N) is 1. The number of thiophene rings is 1. The van der Waals surface area contributed by atoms with E-state index in [4.69, 9.17) is 4.74 Å². The predicted octanol–water partition coefficient (Wildman–Crippen LogP) is 0.891. The zero-order valence-electron chi connectivity index (χ0n) is 16.6. The molecule has 1 aliphatic heterocycles. The van der Waals surface area contributed by atoms with Crippen LogP contribution in [0.2, 0.25) is 0 Å². The molecule has 13 heteroatoms. The number of morpholine rings is 1. The van der Waals surface area contributed by atoms with Crippen molar-refractivity contribution in [2.75, 3.05) is 26.3 Å². The van der Waals surface area contributed by atoms with Gasteiger partial charge in [0.15, 0.2) is 0 Å². The van der Waals surface area contributed by atoms with Gasteiger partial charge in [-0.05, 0) is 43.3 Å². The lowest BCUT2D eigenvalue weighted by atomic mass is 10.3. The monoisotopic (exact) mass is 491 g/mol. The van der Waals surface area contributed by atoms with Crippen LogP contribution < -0.4 is 10.0 Å². The number of ether oxygens (including phenoxy) is 1. The zero-order chi connectivity index (χ0) is 22.6. The molecule has 1 aromatic carbocycles. The number of sulfonamides is 2. The summed E-state index contributed by atoms with van der Waals surface area (Å²) in [6, 6.07) is 6.22. The van der Waals surface area contributed by atoms with Crippen molar-refractivity contribution in [3.63, 3.8) is 0 Å². The molecule has 3 rings (SSSR count). The minimum atomic E-state index is -4.00. The summed E-state index contributed by atoms with van der Waals surface area (Å²) in [6.45, 7) is 2.69. The third-order valence-electron chi connectivity index (χ3n) is 4.49. The van der Waals surface area contributed by atoms with Gasteiger partial charge in [0.1, 0.15) is 10.0 Å². The minimum Gasteiger partial charge on any atom is -0.379 e. The van der Waals surface area contributed by atoms with Crippen LogP contribution in [0.1, 0.15) is 11.8 Å². The van der Waals surface area contributed by atoms with E-state index in [-0.39, 0.29) is 28.7 Å². The van der Waals surface area contributed by atoms with Gasteiger partial charge in [-0.25, -0.2) is 21.2 Å². The lowest BCUT2D eigenvalue weighted by Crippen LogP contribution is -2.44. The third kappa shape index (κ3) is 5.87. The topological polar surface area (TPSA) is 122 Å². The first-order chi connectivity index (χ1) is 14.6. The molecule has 0 bridgehead atoms. The number of rotatable bonds is 8. The van der Waals surface area contributed by atoms with Crippen molar-refractivity contribution in [1.29, 1.82) is 0 Å². The largest absolute Gasteiger partial charge is 0.379 e. The van der Waals surface area contributed by atoms with Crippen molar-refractivity contribution in [3.05, 3.63) is 47.1 Å². The first-order valence-corrected chi connectivity index (χ1v) is 13.1. The van der Waals surface area contributed by atoms with Crippen LogP contribution in [0.3, 0.4) is 0 Å². The lowest BCUT2D eigenvalue weighted by Gasteiger charge is -2.25. The highest BCUT2D eigenvalue weighted by atomic mass is 32.2. The molecule has 1 aromatic heterocycles. The van der Waals surface area contributed by atoms with Crippen molar-refractivity contribution < 1.29 is 30.8 Å². The van der Waals surface area contributed by atoms with Crippen molar-refractivity contribution in [1.82, 2.24) is 14.3 Å². The quantitative estimate of drug-likeness (QED) is 0.566. The molecule has 0 saturated carbocycles. The van der Waals surface area contributed by atoms with Crippen molar-refractivity contribution in [2.45, 2.75) is 28.6 Å². The van der Waals surface area contributed by atoms with E-state index >= 15 is 0 Å². The Balaban J connectivity index is 1.57. The molecule has 0 aliphatic carbocycles. The highest BCUT2D eigenvalue weighted by Gasteiger charge is 2.28. The number of carbonyl (C=O) groups is 1. The molecule has 170 valence electrons. The van der Waals surface area contributed by atoms with Crippen LogP contribution in [0.25, 0.3) is 0 Å². The zero-order valence-corrected chi connectivity index (χ0v) is 19.0. The Morgan fingerprint density at radius 1 is 1.13 bits per heavy atom. The Hall–Kier alpha value is -1.90. The highest BCUT2D eigenvalue weighted by Crippen LogP contribution is 2.25. The van der Waals surface area contributed by atoms with Gasteiger partial charge in [0, 0.05) is 18.0 Å². The van der Waals surface area contributed by atoms with Gasteiger partial charge in [0.25, 0.3) is 10.0 Å². The molecule has 1 fully saturated rings. The van der Waals surface area contributed by atoms with Crippen LogP contribution in [-0.2, 0) is 36.1 Å². The molecule has 1 saturated heterocycles. The Morgan fingerprint density at radius 3 is 2.42 bits per heavy atom. The standard InChI is InChI=1S/C18H22FN3O6S3/c1-13(21-30(24,25)16-5-2-14(19)3-6-16)18(23)20-12-15-4-7-17(29-15)31(26,27)22-8-10-28-11-9-22/h2-7,13,21H,8-12H2,1H3,(H,20,23). The van der Waals surface area contributed by atoms with Crippen LogP contribution >= 0.6 is 11.3 Å². The number of hydrogen-bond acceptors (Lipinski definition) is 7. The maximum atomic E-state index is 13.0. The summed E-state index contributed by atoms with van der Waals surface area (Å²) in [5.74, 6) is -1.16. The lowest BCUT2D eigenvalue weighted by molar-refractivity contribution is -0.122. The normalized spacial score (nSPS) is 16.7. The van der Waals surface area contributed by atoms with E-state index < -0.39 is 37.8 Å². The summed E-state index contributed by atoms with van der Waals surface area (Å²) >= 11 is 1.04. The number of hydrogen-bond donors (Lipinski definition) is 2. The van der Waals surface area contributed by atoms with E-state index in [9.17, 15) is 26.0 Å². The molecule has 0 radical (unpaired) electrons. The van der Waals surface area contributed by atoms with E-state index in [2.05, 4.69) is 10.0 Å². The van der Waals surface area contributed by atoms with Gasteiger partial charge in [-0.3, -0.25) is 4.79 Å². The van der Waals surface area contributed by atoms with E-state index in [0.717, 1.165) is 35.6 Å². The van der Waals surface area contributed by atoms with Gasteiger partial charge < -0.3 is 10.1 Å². The molecule has 2 heterocycles. The summed E-state index contributed by atoms with van der Waals surface area (Å²) in [4.78, 5) is 12.7. The number of carbonyl (C=O) groups excluding carboxylic acids is 1. The van der Waals surface area contributed by atoms with Gasteiger partial charge in [-0.1, -0.05) is 0 Å². The van der Waals surface area contributed by atoms with Gasteiger partial charge in [0.2, 0.25) is 15.9 Å². The maximum Gasteiger partial charge on any atom is 0.252 e. The van der Waals surface area contributed by atoms with Crippen molar-refractivity contribution in [2.24, 2.45) is 0 Å². The van der Waals surface area contributed by atoms with E-state index in [1.165, 1.54) is 17.3 Å². The molecule has 1 amide bonds. The molecular formula is C18H22FN3O6S3. The molecule has 1 unspecified atom stereocenters. The second kappa shape index (κ2) is 9.71. The smallest absolute Gasteiger partial charge is 0.252 e. The minimum absolute atomic E-state index is 0.0464. The molecular weight excluding hydrogens is 469 g/mol. The summed E-state index contributed by atoms with van der Waals surface area (Å²) in [6.07, 6.45) is 0. The fourth-order valence-corrected chi connectivity index (χ4v) is 6.86. The molecule has 1 aliphatic rings. The number of amides is 1.